The first-order valence-electron chi connectivity index (χ1n) is 9.09. The lowest BCUT2D eigenvalue weighted by Gasteiger charge is -2.35. The maximum absolute atomic E-state index is 12.6. The number of aliphatic hydroxyl groups excluding tert-OH is 1. The Hall–Kier alpha value is -2.47. The highest BCUT2D eigenvalue weighted by molar-refractivity contribution is 5.79. The van der Waals surface area contributed by atoms with Crippen molar-refractivity contribution in [3.8, 4) is 0 Å². The highest BCUT2D eigenvalue weighted by atomic mass is 16.3. The monoisotopic (exact) mass is 354 g/mol. The van der Waals surface area contributed by atoms with Gasteiger partial charge in [-0.2, -0.15) is 5.10 Å². The Balaban J connectivity index is 1.52. The number of rotatable bonds is 5. The van der Waals surface area contributed by atoms with E-state index in [4.69, 9.17) is 0 Å². The second kappa shape index (κ2) is 8.27. The molecule has 1 amide bonds. The van der Waals surface area contributed by atoms with E-state index < -0.39 is 0 Å². The molecule has 1 aromatic carbocycles. The smallest absolute Gasteiger partial charge is 0.227 e. The molecule has 0 spiro atoms. The Kier molecular flexibility index (Phi) is 5.83. The van der Waals surface area contributed by atoms with Crippen molar-refractivity contribution in [2.75, 3.05) is 37.7 Å². The van der Waals surface area contributed by atoms with Gasteiger partial charge >= 0.3 is 0 Å². The number of aryl methyl sites for hydroxylation is 1. The molecule has 138 valence electrons. The lowest BCUT2D eigenvalue weighted by molar-refractivity contribution is -0.130. The molecule has 1 N–H and O–H groups in total. The van der Waals surface area contributed by atoms with Crippen molar-refractivity contribution in [2.45, 2.75) is 26.2 Å². The molecule has 2 aromatic rings. The first-order chi connectivity index (χ1) is 12.6. The third kappa shape index (κ3) is 4.38. The Morgan fingerprint density at radius 3 is 2.35 bits per heavy atom. The summed E-state index contributed by atoms with van der Waals surface area (Å²) in [5.74, 6) is 1.15. The molecule has 26 heavy (non-hydrogen) atoms. The maximum Gasteiger partial charge on any atom is 0.227 e. The number of anilines is 1. The maximum atomic E-state index is 12.6. The van der Waals surface area contributed by atoms with Crippen LogP contribution >= 0.6 is 0 Å². The molecule has 6 nitrogen and oxygen atoms in total. The summed E-state index contributed by atoms with van der Waals surface area (Å²) in [5.41, 5.74) is 3.01. The standard InChI is InChI=1S/C20H26N4O2/c1-15(14-25)18-6-4-17(5-7-18)13-20(26)24-11-9-23(10-12-24)19-8-3-16(2)21-22-19/h3-8,15,25H,9-14H2,1-2H3. The summed E-state index contributed by atoms with van der Waals surface area (Å²) < 4.78 is 0. The van der Waals surface area contributed by atoms with Gasteiger partial charge in [0.05, 0.1) is 12.1 Å². The molecule has 1 aliphatic rings. The Morgan fingerprint density at radius 1 is 1.08 bits per heavy atom. The SMILES string of the molecule is Cc1ccc(N2CCN(C(=O)Cc3ccc(C(C)CO)cc3)CC2)nn1. The molecule has 0 radical (unpaired) electrons. The van der Waals surface area contributed by atoms with Gasteiger partial charge in [-0.15, -0.1) is 5.10 Å². The lowest BCUT2D eigenvalue weighted by atomic mass is 10.00. The third-order valence-electron chi connectivity index (χ3n) is 4.92. The number of amides is 1. The summed E-state index contributed by atoms with van der Waals surface area (Å²) in [6, 6.07) is 11.9. The molecular weight excluding hydrogens is 328 g/mol. The Labute approximate surface area is 154 Å². The van der Waals surface area contributed by atoms with Crippen LogP contribution in [-0.4, -0.2) is 58.9 Å². The van der Waals surface area contributed by atoms with Crippen LogP contribution in [-0.2, 0) is 11.2 Å². The zero-order valence-electron chi connectivity index (χ0n) is 15.4. The minimum Gasteiger partial charge on any atom is -0.396 e. The minimum absolute atomic E-state index is 0.123. The number of carbonyl (C=O) groups is 1. The third-order valence-corrected chi connectivity index (χ3v) is 4.92. The van der Waals surface area contributed by atoms with Gasteiger partial charge in [-0.3, -0.25) is 4.79 Å². The fourth-order valence-electron chi connectivity index (χ4n) is 3.10. The van der Waals surface area contributed by atoms with Crippen molar-refractivity contribution in [3.63, 3.8) is 0 Å². The minimum atomic E-state index is 0.123. The second-order valence-electron chi connectivity index (χ2n) is 6.90. The molecule has 1 unspecified atom stereocenters. The van der Waals surface area contributed by atoms with E-state index in [0.29, 0.717) is 19.5 Å². The van der Waals surface area contributed by atoms with E-state index in [1.807, 2.05) is 55.1 Å². The summed E-state index contributed by atoms with van der Waals surface area (Å²) in [7, 11) is 0. The summed E-state index contributed by atoms with van der Waals surface area (Å²) in [6.07, 6.45) is 0.415. The molecule has 1 aromatic heterocycles. The second-order valence-corrected chi connectivity index (χ2v) is 6.90. The van der Waals surface area contributed by atoms with Crippen molar-refractivity contribution in [1.82, 2.24) is 15.1 Å². The van der Waals surface area contributed by atoms with E-state index in [9.17, 15) is 9.90 Å². The number of hydrogen-bond donors (Lipinski definition) is 1. The highest BCUT2D eigenvalue weighted by Crippen LogP contribution is 2.17. The van der Waals surface area contributed by atoms with Gasteiger partial charge < -0.3 is 14.9 Å². The molecule has 2 heterocycles. The van der Waals surface area contributed by atoms with E-state index >= 15 is 0 Å². The Morgan fingerprint density at radius 2 is 1.77 bits per heavy atom. The number of aromatic nitrogens is 2. The van der Waals surface area contributed by atoms with Gasteiger partial charge in [0.25, 0.3) is 0 Å². The van der Waals surface area contributed by atoms with Gasteiger partial charge in [-0.25, -0.2) is 0 Å². The molecule has 3 rings (SSSR count). The van der Waals surface area contributed by atoms with Crippen LogP contribution in [0.3, 0.4) is 0 Å². The van der Waals surface area contributed by atoms with Gasteiger partial charge in [-0.05, 0) is 30.2 Å². The highest BCUT2D eigenvalue weighted by Gasteiger charge is 2.22. The topological polar surface area (TPSA) is 69.6 Å². The molecule has 0 aliphatic carbocycles. The van der Waals surface area contributed by atoms with Gasteiger partial charge in [0.15, 0.2) is 5.82 Å². The number of nitrogens with zero attached hydrogens (tertiary/aromatic N) is 4. The van der Waals surface area contributed by atoms with Crippen LogP contribution in [0.1, 0.15) is 29.7 Å². The predicted octanol–water partition coefficient (Wildman–Crippen LogP) is 1.77. The molecule has 1 fully saturated rings. The van der Waals surface area contributed by atoms with Crippen LogP contribution in [0, 0.1) is 6.92 Å². The van der Waals surface area contributed by atoms with Crippen LogP contribution in [0.5, 0.6) is 0 Å². The number of aliphatic hydroxyl groups is 1. The fraction of sp³-hybridized carbons (Fsp3) is 0.450. The van der Waals surface area contributed by atoms with Crippen LogP contribution in [0.4, 0.5) is 5.82 Å². The summed E-state index contributed by atoms with van der Waals surface area (Å²) in [5, 5.41) is 17.5. The predicted molar refractivity (Wildman–Crippen MR) is 101 cm³/mol. The molecular formula is C20H26N4O2. The zero-order chi connectivity index (χ0) is 18.5. The molecule has 6 heteroatoms. The van der Waals surface area contributed by atoms with E-state index in [0.717, 1.165) is 35.7 Å². The van der Waals surface area contributed by atoms with E-state index in [2.05, 4.69) is 15.1 Å². The number of piperazine rings is 1. The average molecular weight is 354 g/mol. The fourth-order valence-corrected chi connectivity index (χ4v) is 3.10. The number of hydrogen-bond acceptors (Lipinski definition) is 5. The molecule has 0 saturated carbocycles. The van der Waals surface area contributed by atoms with E-state index in [1.54, 1.807) is 0 Å². The summed E-state index contributed by atoms with van der Waals surface area (Å²) in [4.78, 5) is 16.7. The lowest BCUT2D eigenvalue weighted by Crippen LogP contribution is -2.49. The van der Waals surface area contributed by atoms with Crippen molar-refractivity contribution in [3.05, 3.63) is 53.2 Å². The summed E-state index contributed by atoms with van der Waals surface area (Å²) >= 11 is 0. The molecule has 1 aliphatic heterocycles. The van der Waals surface area contributed by atoms with E-state index in [-0.39, 0.29) is 18.4 Å². The summed E-state index contributed by atoms with van der Waals surface area (Å²) in [6.45, 7) is 6.99. The van der Waals surface area contributed by atoms with Gasteiger partial charge in [0, 0.05) is 38.7 Å². The van der Waals surface area contributed by atoms with Crippen molar-refractivity contribution >= 4 is 11.7 Å². The zero-order valence-corrected chi connectivity index (χ0v) is 15.4. The molecule has 1 atom stereocenters. The number of benzene rings is 1. The average Bonchev–Trinajstić information content (AvgIpc) is 2.68. The van der Waals surface area contributed by atoms with Gasteiger partial charge in [0.2, 0.25) is 5.91 Å². The quantitative estimate of drug-likeness (QED) is 0.886. The normalized spacial score (nSPS) is 15.8. The molecule has 0 bridgehead atoms. The number of carbonyl (C=O) groups excluding carboxylic acids is 1. The molecule has 1 saturated heterocycles. The van der Waals surface area contributed by atoms with Crippen LogP contribution in [0.15, 0.2) is 36.4 Å². The Bertz CT molecular complexity index is 722. The van der Waals surface area contributed by atoms with Crippen molar-refractivity contribution in [1.29, 1.82) is 0 Å². The van der Waals surface area contributed by atoms with Crippen LogP contribution in [0.25, 0.3) is 0 Å². The van der Waals surface area contributed by atoms with Crippen LogP contribution < -0.4 is 4.90 Å². The first kappa shape index (κ1) is 18.3. The first-order valence-corrected chi connectivity index (χ1v) is 9.09. The van der Waals surface area contributed by atoms with Gasteiger partial charge in [-0.1, -0.05) is 31.2 Å². The largest absolute Gasteiger partial charge is 0.396 e. The van der Waals surface area contributed by atoms with Crippen molar-refractivity contribution < 1.29 is 9.90 Å². The van der Waals surface area contributed by atoms with Crippen molar-refractivity contribution in [2.24, 2.45) is 0 Å². The van der Waals surface area contributed by atoms with Crippen LogP contribution in [0.2, 0.25) is 0 Å². The van der Waals surface area contributed by atoms with Gasteiger partial charge in [0.1, 0.15) is 0 Å². The van der Waals surface area contributed by atoms with E-state index in [1.165, 1.54) is 0 Å².